The summed E-state index contributed by atoms with van der Waals surface area (Å²) in [6.07, 6.45) is 11.0. The smallest absolute Gasteiger partial charge is 0 e. The molecule has 72 heavy (non-hydrogen) atoms. The van der Waals surface area contributed by atoms with Crippen LogP contribution in [-0.2, 0) is 58.6 Å². The van der Waals surface area contributed by atoms with Gasteiger partial charge in [0.2, 0.25) is 0 Å². The summed E-state index contributed by atoms with van der Waals surface area (Å²) < 4.78 is 0. The Kier molecular flexibility index (Phi) is 22.0. The number of hydrogen-bond acceptors (Lipinski definition) is 12. The Morgan fingerprint density at radius 2 is 1.15 bits per heavy atom. The van der Waals surface area contributed by atoms with Crippen LogP contribution in [0.5, 0.6) is 0 Å². The van der Waals surface area contributed by atoms with Crippen molar-refractivity contribution in [2.75, 3.05) is 0 Å². The third-order valence-electron chi connectivity index (χ3n) is 11.3. The fourth-order valence-corrected chi connectivity index (χ4v) is 8.10. The Labute approximate surface area is 461 Å². The SMILES string of the molecule is CC1(C)C2CCC1c1c2n[n-]c1-c1nccc2ccccc12.Cc1cc(-c2ccccn2)[n-]n1.Cc1n[n-]c(-c2ccccn2)n1.Cc1n[n-]c(-c2ccccn2)n1.O=C(O)c1ccccn1.[Cl][Pt][Cl].[Pt+2].[Pt]. The molecule has 22 heteroatoms. The molecular formula is C50H45Cl2N15O2Pt3-2. The van der Waals surface area contributed by atoms with Crippen molar-refractivity contribution in [2.24, 2.45) is 5.41 Å². The molecule has 2 atom stereocenters. The van der Waals surface area contributed by atoms with E-state index in [0.717, 1.165) is 39.9 Å². The number of benzene rings is 1. The van der Waals surface area contributed by atoms with Gasteiger partial charge in [-0.1, -0.05) is 79.8 Å². The predicted octanol–water partition coefficient (Wildman–Crippen LogP) is 9.42. The Morgan fingerprint density at radius 1 is 0.625 bits per heavy atom. The number of fused-ring (bicyclic) bond motifs is 6. The Bertz CT molecular complexity index is 3010. The number of aromatic carboxylic acids is 1. The van der Waals surface area contributed by atoms with Crippen LogP contribution in [0.4, 0.5) is 0 Å². The Morgan fingerprint density at radius 3 is 1.62 bits per heavy atom. The molecule has 2 bridgehead atoms. The molecule has 10 aromatic rings. The van der Waals surface area contributed by atoms with Crippen molar-refractivity contribution in [2.45, 2.75) is 59.3 Å². The molecule has 0 spiro atoms. The summed E-state index contributed by atoms with van der Waals surface area (Å²) in [5.74, 6) is 2.70. The molecule has 1 saturated carbocycles. The molecule has 2 unspecified atom stereocenters. The average Bonchev–Trinajstić information content (AvgIpc) is 4.28. The van der Waals surface area contributed by atoms with E-state index in [1.807, 2.05) is 73.8 Å². The average molecular weight is 1540 g/mol. The molecule has 0 amide bonds. The molecule has 12 rings (SSSR count). The van der Waals surface area contributed by atoms with E-state index in [2.05, 4.69) is 120 Å². The van der Waals surface area contributed by atoms with Crippen LogP contribution < -0.4 is 20.4 Å². The van der Waals surface area contributed by atoms with Gasteiger partial charge in [-0.05, 0) is 122 Å². The number of pyridine rings is 5. The second kappa shape index (κ2) is 27.8. The van der Waals surface area contributed by atoms with Crippen LogP contribution in [0.25, 0.3) is 56.6 Å². The number of carboxylic acids is 1. The summed E-state index contributed by atoms with van der Waals surface area (Å²) in [6, 6.07) is 34.1. The van der Waals surface area contributed by atoms with Crippen LogP contribution >= 0.6 is 18.8 Å². The van der Waals surface area contributed by atoms with E-state index in [1.165, 1.54) is 47.1 Å². The minimum Gasteiger partial charge on any atom is 0 e. The predicted molar refractivity (Wildman–Crippen MR) is 262 cm³/mol. The summed E-state index contributed by atoms with van der Waals surface area (Å²) >= 11 is -0.472. The maximum Gasteiger partial charge on any atom is 2.00 e. The Balaban J connectivity index is 0.000000170. The molecule has 0 saturated heterocycles. The molecule has 1 aromatic carbocycles. The van der Waals surface area contributed by atoms with Crippen molar-refractivity contribution in [1.82, 2.24) is 75.7 Å². The third-order valence-corrected chi connectivity index (χ3v) is 11.3. The van der Waals surface area contributed by atoms with Gasteiger partial charge in [0.25, 0.3) is 0 Å². The molecule has 17 nitrogen and oxygen atoms in total. The van der Waals surface area contributed by atoms with Gasteiger partial charge in [0.15, 0.2) is 0 Å². The van der Waals surface area contributed by atoms with E-state index in [9.17, 15) is 4.79 Å². The van der Waals surface area contributed by atoms with Crippen molar-refractivity contribution in [3.05, 3.63) is 174 Å². The fourth-order valence-electron chi connectivity index (χ4n) is 8.10. The number of carbonyl (C=O) groups is 1. The maximum absolute atomic E-state index is 10.1. The summed E-state index contributed by atoms with van der Waals surface area (Å²) in [5, 5.41) is 43.0. The van der Waals surface area contributed by atoms with Crippen LogP contribution in [0.15, 0.2) is 140 Å². The topological polar surface area (TPSA) is 235 Å². The van der Waals surface area contributed by atoms with Gasteiger partial charge < -0.3 is 45.7 Å². The molecule has 9 aromatic heterocycles. The van der Waals surface area contributed by atoms with Crippen LogP contribution in [-0.4, -0.2) is 66.4 Å². The van der Waals surface area contributed by atoms with E-state index >= 15 is 0 Å². The standard InChI is InChI=1S/C19H18N3.C9H8N3.2C8H7N4.C6H5NO2.2ClH.3Pt/c1-19(2)13-7-8-14(19)17-15(13)18(22-21-17)16-12-6-4-3-5-11(12)9-10-20-16;1-7-6-9(12-11-7)8-4-2-3-5-10-8;2*1-6-10-8(12-11-6)7-4-2-3-5-9-7;8-6(9)5-3-1-2-4-7-5;;;;;/h3-6,9-10,13-14H,7-8H2,1-2H3;2-6H,1H3;2*2-5H,1H3;1-4H,(H,8,9);2*1H;;;/q4*-1;;;;;2*+2/p-2. The van der Waals surface area contributed by atoms with Gasteiger partial charge in [0.1, 0.15) is 5.69 Å². The van der Waals surface area contributed by atoms with Gasteiger partial charge in [0, 0.05) is 92.1 Å². The van der Waals surface area contributed by atoms with Crippen molar-refractivity contribution in [3.8, 4) is 45.8 Å². The number of rotatable bonds is 5. The van der Waals surface area contributed by atoms with Gasteiger partial charge in [-0.25, -0.2) is 9.78 Å². The van der Waals surface area contributed by atoms with Crippen molar-refractivity contribution in [3.63, 3.8) is 0 Å². The maximum atomic E-state index is 10.1. The molecule has 1 fully saturated rings. The van der Waals surface area contributed by atoms with Crippen molar-refractivity contribution in [1.29, 1.82) is 0 Å². The fraction of sp³-hybridized carbons (Fsp3) is 0.200. The third kappa shape index (κ3) is 14.6. The molecule has 9 heterocycles. The van der Waals surface area contributed by atoms with Gasteiger partial charge in [-0.2, -0.15) is 0 Å². The second-order valence-electron chi connectivity index (χ2n) is 16.2. The molecule has 2 aliphatic carbocycles. The molecule has 1 N–H and O–H groups in total. The van der Waals surface area contributed by atoms with Gasteiger partial charge in [0.05, 0.1) is 17.1 Å². The van der Waals surface area contributed by atoms with Gasteiger partial charge in [-0.3, -0.25) is 30.1 Å². The van der Waals surface area contributed by atoms with Crippen molar-refractivity contribution < 1.29 is 68.5 Å². The first kappa shape index (κ1) is 57.0. The minimum atomic E-state index is -0.990. The second-order valence-corrected chi connectivity index (χ2v) is 19.5. The van der Waals surface area contributed by atoms with Crippen LogP contribution in [0, 0.1) is 26.2 Å². The summed E-state index contributed by atoms with van der Waals surface area (Å²) in [5.41, 5.74) is 9.20. The van der Waals surface area contributed by atoms with E-state index in [0.29, 0.717) is 40.5 Å². The monoisotopic (exact) mass is 1540 g/mol. The minimum absolute atomic E-state index is 0. The Hall–Kier alpha value is -5.96. The number of carboxylic acid groups (broad SMARTS) is 1. The number of halogens is 2. The van der Waals surface area contributed by atoms with E-state index < -0.39 is 22.5 Å². The number of aromatic nitrogens is 15. The first-order valence-corrected chi connectivity index (χ1v) is 27.3. The van der Waals surface area contributed by atoms with Gasteiger partial charge in [-0.15, -0.1) is 0 Å². The first-order chi connectivity index (χ1) is 34.0. The zero-order valence-corrected chi connectivity index (χ0v) is 47.4. The molecule has 378 valence electrons. The van der Waals surface area contributed by atoms with Crippen LogP contribution in [0.3, 0.4) is 0 Å². The first-order valence-electron chi connectivity index (χ1n) is 21.7. The quantitative estimate of drug-likeness (QED) is 0.169. The zero-order chi connectivity index (χ0) is 49.5. The van der Waals surface area contributed by atoms with Gasteiger partial charge >= 0.3 is 62.4 Å². The van der Waals surface area contributed by atoms with E-state index in [1.54, 1.807) is 44.6 Å². The largest absolute Gasteiger partial charge is 2.00 e. The van der Waals surface area contributed by atoms with Crippen LogP contribution in [0.2, 0.25) is 0 Å². The number of hydrogen-bond donors (Lipinski definition) is 1. The normalized spacial score (nSPS) is 14.0. The number of nitrogens with zero attached hydrogens (tertiary/aromatic N) is 15. The molecule has 2 aliphatic rings. The summed E-state index contributed by atoms with van der Waals surface area (Å²) in [4.78, 5) is 38.9. The number of aryl methyl sites for hydroxylation is 3. The molecule has 0 radical (unpaired) electrons. The van der Waals surface area contributed by atoms with E-state index in [-0.39, 0.29) is 47.8 Å². The summed E-state index contributed by atoms with van der Waals surface area (Å²) in [7, 11) is 9.75. The van der Waals surface area contributed by atoms with Crippen molar-refractivity contribution >= 4 is 35.6 Å². The molecule has 0 aliphatic heterocycles. The summed E-state index contributed by atoms with van der Waals surface area (Å²) in [6.45, 7) is 10.3. The molecular weight excluding hydrogens is 1500 g/mol. The van der Waals surface area contributed by atoms with E-state index in [4.69, 9.17) is 23.9 Å². The zero-order valence-electron chi connectivity index (χ0n) is 39.1. The van der Waals surface area contributed by atoms with Crippen LogP contribution in [0.1, 0.15) is 77.6 Å².